The smallest absolute Gasteiger partial charge is 0.258 e. The van der Waals surface area contributed by atoms with Crippen molar-refractivity contribution in [2.75, 3.05) is 53.6 Å². The van der Waals surface area contributed by atoms with Gasteiger partial charge in [0.1, 0.15) is 5.82 Å². The number of hydrogen-bond acceptors (Lipinski definition) is 7. The highest BCUT2D eigenvalue weighted by molar-refractivity contribution is 7.89. The zero-order chi connectivity index (χ0) is 25.2. The molecular weight excluding hydrogens is 501 g/mol. The molecule has 2 aliphatic heterocycles. The van der Waals surface area contributed by atoms with Crippen LogP contribution in [-0.4, -0.2) is 77.7 Å². The second-order valence-corrected chi connectivity index (χ2v) is 10.4. The Hall–Kier alpha value is -2.44. The molecular formula is C23H27ClFN3O6S. The van der Waals surface area contributed by atoms with E-state index in [1.807, 2.05) is 0 Å². The van der Waals surface area contributed by atoms with Gasteiger partial charge in [0.05, 0.1) is 42.9 Å². The molecule has 0 atom stereocenters. The molecule has 1 amide bonds. The highest BCUT2D eigenvalue weighted by atomic mass is 35.5. The SMILES string of the molecule is COc1cc(S(=O)(=O)NCCN2CCOCC2)c2c(c1OC)C(=O)N(Cc1ccc(F)c(Cl)c1)C2. The maximum Gasteiger partial charge on any atom is 0.258 e. The molecule has 0 bridgehead atoms. The average Bonchev–Trinajstić information content (AvgIpc) is 3.16. The summed E-state index contributed by atoms with van der Waals surface area (Å²) in [6, 6.07) is 5.57. The van der Waals surface area contributed by atoms with Crippen molar-refractivity contribution < 1.29 is 31.8 Å². The van der Waals surface area contributed by atoms with Crippen LogP contribution in [0.4, 0.5) is 4.39 Å². The van der Waals surface area contributed by atoms with Crippen molar-refractivity contribution in [3.63, 3.8) is 0 Å². The summed E-state index contributed by atoms with van der Waals surface area (Å²) >= 11 is 5.89. The summed E-state index contributed by atoms with van der Waals surface area (Å²) in [6.07, 6.45) is 0. The lowest BCUT2D eigenvalue weighted by Crippen LogP contribution is -2.41. The Morgan fingerprint density at radius 2 is 1.91 bits per heavy atom. The summed E-state index contributed by atoms with van der Waals surface area (Å²) in [5.41, 5.74) is 1.06. The molecule has 0 radical (unpaired) electrons. The van der Waals surface area contributed by atoms with Gasteiger partial charge >= 0.3 is 0 Å². The number of sulfonamides is 1. The van der Waals surface area contributed by atoms with E-state index in [4.69, 9.17) is 25.8 Å². The van der Waals surface area contributed by atoms with Crippen molar-refractivity contribution in [3.8, 4) is 11.5 Å². The van der Waals surface area contributed by atoms with Gasteiger partial charge in [0.15, 0.2) is 11.5 Å². The van der Waals surface area contributed by atoms with Crippen LogP contribution in [0, 0.1) is 5.82 Å². The van der Waals surface area contributed by atoms with Gasteiger partial charge in [-0.15, -0.1) is 0 Å². The van der Waals surface area contributed by atoms with Crippen LogP contribution in [0.15, 0.2) is 29.2 Å². The molecule has 0 unspecified atom stereocenters. The summed E-state index contributed by atoms with van der Waals surface area (Å²) in [4.78, 5) is 16.9. The highest BCUT2D eigenvalue weighted by Gasteiger charge is 2.38. The summed E-state index contributed by atoms with van der Waals surface area (Å²) in [5, 5.41) is -0.0568. The predicted octanol–water partition coefficient (Wildman–Crippen LogP) is 2.26. The van der Waals surface area contributed by atoms with E-state index in [0.29, 0.717) is 30.9 Å². The van der Waals surface area contributed by atoms with Crippen molar-refractivity contribution in [1.82, 2.24) is 14.5 Å². The van der Waals surface area contributed by atoms with Gasteiger partial charge in [-0.3, -0.25) is 9.69 Å². The molecule has 35 heavy (non-hydrogen) atoms. The van der Waals surface area contributed by atoms with Crippen molar-refractivity contribution in [1.29, 1.82) is 0 Å². The van der Waals surface area contributed by atoms with Gasteiger partial charge in [0.2, 0.25) is 10.0 Å². The van der Waals surface area contributed by atoms with Gasteiger partial charge < -0.3 is 19.1 Å². The third-order valence-electron chi connectivity index (χ3n) is 6.06. The number of nitrogens with one attached hydrogen (secondary N) is 1. The zero-order valence-corrected chi connectivity index (χ0v) is 21.0. The molecule has 1 N–H and O–H groups in total. The second-order valence-electron chi connectivity index (χ2n) is 8.23. The van der Waals surface area contributed by atoms with Crippen molar-refractivity contribution in [3.05, 3.63) is 51.8 Å². The van der Waals surface area contributed by atoms with E-state index >= 15 is 0 Å². The Kier molecular flexibility index (Phi) is 7.82. The number of hydrogen-bond donors (Lipinski definition) is 1. The topological polar surface area (TPSA) is 97.4 Å². The minimum Gasteiger partial charge on any atom is -0.493 e. The van der Waals surface area contributed by atoms with Gasteiger partial charge in [-0.05, 0) is 17.7 Å². The van der Waals surface area contributed by atoms with Crippen LogP contribution >= 0.6 is 11.6 Å². The summed E-state index contributed by atoms with van der Waals surface area (Å²) < 4.78 is 58.9. The van der Waals surface area contributed by atoms with Crippen LogP contribution in [0.1, 0.15) is 21.5 Å². The predicted molar refractivity (Wildman–Crippen MR) is 127 cm³/mol. The number of ether oxygens (including phenoxy) is 3. The van der Waals surface area contributed by atoms with Crippen LogP contribution in [0.5, 0.6) is 11.5 Å². The Morgan fingerprint density at radius 1 is 1.17 bits per heavy atom. The molecule has 12 heteroatoms. The zero-order valence-electron chi connectivity index (χ0n) is 19.5. The third kappa shape index (κ3) is 5.39. The largest absolute Gasteiger partial charge is 0.493 e. The van der Waals surface area contributed by atoms with Gasteiger partial charge in [-0.2, -0.15) is 0 Å². The molecule has 0 spiro atoms. The molecule has 2 aromatic carbocycles. The lowest BCUT2D eigenvalue weighted by atomic mass is 10.1. The Balaban J connectivity index is 1.62. The first-order valence-electron chi connectivity index (χ1n) is 11.1. The van der Waals surface area contributed by atoms with Crippen LogP contribution in [-0.2, 0) is 27.8 Å². The molecule has 1 fully saturated rings. The molecule has 2 aromatic rings. The van der Waals surface area contributed by atoms with E-state index in [0.717, 1.165) is 13.1 Å². The molecule has 9 nitrogen and oxygen atoms in total. The normalized spacial score (nSPS) is 16.5. The van der Waals surface area contributed by atoms with Crippen molar-refractivity contribution >= 4 is 27.5 Å². The lowest BCUT2D eigenvalue weighted by molar-refractivity contribution is 0.0390. The number of fused-ring (bicyclic) bond motifs is 1. The maximum absolute atomic E-state index is 13.6. The first-order valence-corrected chi connectivity index (χ1v) is 12.9. The first kappa shape index (κ1) is 25.6. The molecule has 4 rings (SSSR count). The number of carbonyl (C=O) groups is 1. The minimum absolute atomic E-state index is 0.0310. The fourth-order valence-corrected chi connectivity index (χ4v) is 5.75. The fraction of sp³-hybridized carbons (Fsp3) is 0.435. The summed E-state index contributed by atoms with van der Waals surface area (Å²) in [6.45, 7) is 3.60. The molecule has 0 saturated carbocycles. The third-order valence-corrected chi connectivity index (χ3v) is 7.87. The number of amides is 1. The molecule has 190 valence electrons. The highest BCUT2D eigenvalue weighted by Crippen LogP contribution is 2.42. The first-order chi connectivity index (χ1) is 16.7. The standard InChI is InChI=1S/C23H27ClFN3O6S/c1-32-19-12-20(35(30,31)26-5-6-27-7-9-34-10-8-27)16-14-28(23(29)21(16)22(19)33-2)13-15-3-4-18(25)17(24)11-15/h3-4,11-12,26H,5-10,13-14H2,1-2H3. The number of nitrogens with zero attached hydrogens (tertiary/aromatic N) is 2. The quantitative estimate of drug-likeness (QED) is 0.534. The summed E-state index contributed by atoms with van der Waals surface area (Å²) in [7, 11) is -1.20. The molecule has 1 saturated heterocycles. The van der Waals surface area contributed by atoms with Crippen molar-refractivity contribution in [2.45, 2.75) is 18.0 Å². The minimum atomic E-state index is -3.97. The van der Waals surface area contributed by atoms with E-state index in [1.165, 1.54) is 43.4 Å². The second kappa shape index (κ2) is 10.7. The molecule has 0 aliphatic carbocycles. The number of rotatable bonds is 9. The van der Waals surface area contributed by atoms with Crippen LogP contribution < -0.4 is 14.2 Å². The average molecular weight is 528 g/mol. The number of morpholine rings is 1. The molecule has 2 aliphatic rings. The van der Waals surface area contributed by atoms with Crippen LogP contribution in [0.2, 0.25) is 5.02 Å². The number of carbonyl (C=O) groups excluding carboxylic acids is 1. The summed E-state index contributed by atoms with van der Waals surface area (Å²) in [5.74, 6) is -0.672. The number of methoxy groups -OCH3 is 2. The Bertz CT molecular complexity index is 1220. The van der Waals surface area contributed by atoms with Gasteiger partial charge in [0.25, 0.3) is 5.91 Å². The maximum atomic E-state index is 13.6. The van der Waals surface area contributed by atoms with E-state index < -0.39 is 21.7 Å². The van der Waals surface area contributed by atoms with E-state index in [-0.39, 0.29) is 46.6 Å². The molecule has 0 aromatic heterocycles. The Labute approximate surface area is 208 Å². The van der Waals surface area contributed by atoms with Crippen LogP contribution in [0.25, 0.3) is 0 Å². The van der Waals surface area contributed by atoms with Gasteiger partial charge in [-0.1, -0.05) is 17.7 Å². The van der Waals surface area contributed by atoms with E-state index in [1.54, 1.807) is 0 Å². The molecule has 2 heterocycles. The Morgan fingerprint density at radius 3 is 2.57 bits per heavy atom. The van der Waals surface area contributed by atoms with Crippen LogP contribution in [0.3, 0.4) is 0 Å². The lowest BCUT2D eigenvalue weighted by Gasteiger charge is -2.26. The monoisotopic (exact) mass is 527 g/mol. The van der Waals surface area contributed by atoms with E-state index in [2.05, 4.69) is 9.62 Å². The fourth-order valence-electron chi connectivity index (χ4n) is 4.28. The van der Waals surface area contributed by atoms with Gasteiger partial charge in [0, 0.05) is 50.9 Å². The number of benzene rings is 2. The van der Waals surface area contributed by atoms with E-state index in [9.17, 15) is 17.6 Å². The van der Waals surface area contributed by atoms with Gasteiger partial charge in [-0.25, -0.2) is 17.5 Å². The number of halogens is 2. The van der Waals surface area contributed by atoms with Crippen molar-refractivity contribution in [2.24, 2.45) is 0 Å².